The molecule has 1 saturated heterocycles. The summed E-state index contributed by atoms with van der Waals surface area (Å²) in [6.07, 6.45) is 5.88. The first-order valence-electron chi connectivity index (χ1n) is 6.68. The van der Waals surface area contributed by atoms with Crippen molar-refractivity contribution < 1.29 is 4.79 Å². The molecule has 1 aliphatic rings. The van der Waals surface area contributed by atoms with Crippen LogP contribution in [0.25, 0.3) is 0 Å². The Kier molecular flexibility index (Phi) is 6.36. The second-order valence-electron chi connectivity index (χ2n) is 4.24. The van der Waals surface area contributed by atoms with Gasteiger partial charge < -0.3 is 10.6 Å². The lowest BCUT2D eigenvalue weighted by molar-refractivity contribution is -0.133. The van der Waals surface area contributed by atoms with E-state index in [0.717, 1.165) is 25.9 Å². The van der Waals surface area contributed by atoms with Crippen LogP contribution in [0, 0.1) is 0 Å². The topological polar surface area (TPSA) is 59.2 Å². The Morgan fingerprint density at radius 1 is 1.50 bits per heavy atom. The molecule has 1 aromatic rings. The number of carbonyl (C=O) groups is 1. The van der Waals surface area contributed by atoms with E-state index in [1.807, 2.05) is 37.1 Å². The van der Waals surface area contributed by atoms with E-state index in [1.54, 1.807) is 6.20 Å². The molecule has 0 bridgehead atoms. The molecular formula is C14H23N3O. The molecule has 1 amide bonds. The van der Waals surface area contributed by atoms with Crippen LogP contribution in [0.2, 0.25) is 0 Å². The van der Waals surface area contributed by atoms with Crippen LogP contribution >= 0.6 is 0 Å². The molecule has 1 unspecified atom stereocenters. The van der Waals surface area contributed by atoms with Gasteiger partial charge >= 0.3 is 0 Å². The second kappa shape index (κ2) is 7.82. The lowest BCUT2D eigenvalue weighted by atomic mass is 10.0. The summed E-state index contributed by atoms with van der Waals surface area (Å²) in [6.45, 7) is 5.57. The van der Waals surface area contributed by atoms with Crippen LogP contribution in [-0.4, -0.2) is 34.9 Å². The summed E-state index contributed by atoms with van der Waals surface area (Å²) >= 11 is 0. The van der Waals surface area contributed by atoms with E-state index in [2.05, 4.69) is 4.98 Å². The summed E-state index contributed by atoms with van der Waals surface area (Å²) in [4.78, 5) is 17.6. The lowest BCUT2D eigenvalue weighted by Gasteiger charge is -2.29. The van der Waals surface area contributed by atoms with Crippen LogP contribution in [0.3, 0.4) is 0 Å². The molecule has 100 valence electrons. The second-order valence-corrected chi connectivity index (χ2v) is 4.24. The minimum absolute atomic E-state index is 0.0575. The van der Waals surface area contributed by atoms with Crippen LogP contribution in [0.4, 0.5) is 0 Å². The molecule has 2 rings (SSSR count). The predicted molar refractivity (Wildman–Crippen MR) is 73.1 cm³/mol. The zero-order valence-electron chi connectivity index (χ0n) is 11.3. The molecule has 0 radical (unpaired) electrons. The molecule has 2 heterocycles. The molecule has 0 spiro atoms. The Labute approximate surface area is 109 Å². The fourth-order valence-corrected chi connectivity index (χ4v) is 1.95. The van der Waals surface area contributed by atoms with Gasteiger partial charge in [-0.15, -0.1) is 0 Å². The van der Waals surface area contributed by atoms with Crippen molar-refractivity contribution in [2.24, 2.45) is 5.73 Å². The summed E-state index contributed by atoms with van der Waals surface area (Å²) in [6, 6.07) is 4.01. The Morgan fingerprint density at radius 2 is 2.28 bits per heavy atom. The zero-order chi connectivity index (χ0) is 13.4. The molecule has 0 saturated carbocycles. The normalized spacial score (nSPS) is 19.2. The van der Waals surface area contributed by atoms with Gasteiger partial charge in [-0.25, -0.2) is 0 Å². The third-order valence-electron chi connectivity index (χ3n) is 2.95. The average Bonchev–Trinajstić information content (AvgIpc) is 2.41. The van der Waals surface area contributed by atoms with Gasteiger partial charge in [0, 0.05) is 37.9 Å². The fourth-order valence-electron chi connectivity index (χ4n) is 1.95. The van der Waals surface area contributed by atoms with Crippen molar-refractivity contribution in [3.8, 4) is 0 Å². The molecule has 0 aromatic carbocycles. The Balaban J connectivity index is 0.000000771. The molecule has 1 aliphatic heterocycles. The maximum atomic E-state index is 11.7. The SMILES string of the molecule is CC.NC1CCN(CCc2cccnc2)C(=O)C1. The average molecular weight is 249 g/mol. The molecule has 2 N–H and O–H groups in total. The van der Waals surface area contributed by atoms with Crippen LogP contribution in [0.15, 0.2) is 24.5 Å². The largest absolute Gasteiger partial charge is 0.342 e. The number of nitrogens with zero attached hydrogens (tertiary/aromatic N) is 2. The molecular weight excluding hydrogens is 226 g/mol. The van der Waals surface area contributed by atoms with E-state index in [9.17, 15) is 4.79 Å². The predicted octanol–water partition coefficient (Wildman–Crippen LogP) is 1.60. The molecule has 1 aromatic heterocycles. The number of aromatic nitrogens is 1. The molecule has 1 fully saturated rings. The highest BCUT2D eigenvalue weighted by molar-refractivity contribution is 5.77. The zero-order valence-corrected chi connectivity index (χ0v) is 11.3. The Morgan fingerprint density at radius 3 is 2.89 bits per heavy atom. The van der Waals surface area contributed by atoms with Crippen LogP contribution in [0.5, 0.6) is 0 Å². The number of likely N-dealkylation sites (tertiary alicyclic amines) is 1. The summed E-state index contributed by atoms with van der Waals surface area (Å²) in [5, 5.41) is 0. The third-order valence-corrected chi connectivity index (χ3v) is 2.95. The smallest absolute Gasteiger partial charge is 0.224 e. The van der Waals surface area contributed by atoms with Crippen LogP contribution < -0.4 is 5.73 Å². The monoisotopic (exact) mass is 249 g/mol. The van der Waals surface area contributed by atoms with E-state index < -0.39 is 0 Å². The molecule has 4 heteroatoms. The molecule has 1 atom stereocenters. The highest BCUT2D eigenvalue weighted by Gasteiger charge is 2.22. The minimum Gasteiger partial charge on any atom is -0.342 e. The highest BCUT2D eigenvalue weighted by Crippen LogP contribution is 2.10. The summed E-state index contributed by atoms with van der Waals surface area (Å²) in [5.74, 6) is 0.183. The first-order chi connectivity index (χ1) is 8.75. The van der Waals surface area contributed by atoms with Gasteiger partial charge in [-0.1, -0.05) is 19.9 Å². The third kappa shape index (κ3) is 4.45. The van der Waals surface area contributed by atoms with Crippen molar-refractivity contribution in [3.63, 3.8) is 0 Å². The van der Waals surface area contributed by atoms with Crippen molar-refractivity contribution >= 4 is 5.91 Å². The van der Waals surface area contributed by atoms with E-state index >= 15 is 0 Å². The van der Waals surface area contributed by atoms with Crippen molar-refractivity contribution in [1.82, 2.24) is 9.88 Å². The van der Waals surface area contributed by atoms with Crippen molar-refractivity contribution in [2.75, 3.05) is 13.1 Å². The summed E-state index contributed by atoms with van der Waals surface area (Å²) in [7, 11) is 0. The highest BCUT2D eigenvalue weighted by atomic mass is 16.2. The van der Waals surface area contributed by atoms with Gasteiger partial charge in [-0.05, 0) is 24.5 Å². The van der Waals surface area contributed by atoms with Gasteiger partial charge in [0.2, 0.25) is 5.91 Å². The van der Waals surface area contributed by atoms with Crippen molar-refractivity contribution in [3.05, 3.63) is 30.1 Å². The summed E-state index contributed by atoms with van der Waals surface area (Å²) < 4.78 is 0. The van der Waals surface area contributed by atoms with Gasteiger partial charge in [0.05, 0.1) is 0 Å². The maximum absolute atomic E-state index is 11.7. The van der Waals surface area contributed by atoms with Crippen molar-refractivity contribution in [2.45, 2.75) is 39.2 Å². The number of hydrogen-bond acceptors (Lipinski definition) is 3. The number of hydrogen-bond donors (Lipinski definition) is 1. The van der Waals surface area contributed by atoms with E-state index in [4.69, 9.17) is 5.73 Å². The standard InChI is InChI=1S/C12H17N3O.C2H6/c13-11-4-7-15(12(16)8-11)6-3-10-2-1-5-14-9-10;1-2/h1-2,5,9,11H,3-4,6-8,13H2;1-2H3. The molecule has 4 nitrogen and oxygen atoms in total. The lowest BCUT2D eigenvalue weighted by Crippen LogP contribution is -2.44. The summed E-state index contributed by atoms with van der Waals surface area (Å²) in [5.41, 5.74) is 6.91. The number of carbonyl (C=O) groups excluding carboxylic acids is 1. The van der Waals surface area contributed by atoms with Gasteiger partial charge in [0.1, 0.15) is 0 Å². The first kappa shape index (κ1) is 14.6. The maximum Gasteiger partial charge on any atom is 0.224 e. The van der Waals surface area contributed by atoms with E-state index in [1.165, 1.54) is 5.56 Å². The van der Waals surface area contributed by atoms with Gasteiger partial charge in [0.15, 0.2) is 0 Å². The van der Waals surface area contributed by atoms with Crippen LogP contribution in [-0.2, 0) is 11.2 Å². The van der Waals surface area contributed by atoms with Gasteiger partial charge in [-0.2, -0.15) is 0 Å². The first-order valence-corrected chi connectivity index (χ1v) is 6.68. The van der Waals surface area contributed by atoms with Gasteiger partial charge in [0.25, 0.3) is 0 Å². The fraction of sp³-hybridized carbons (Fsp3) is 0.571. The number of piperidine rings is 1. The van der Waals surface area contributed by atoms with E-state index in [0.29, 0.717) is 6.42 Å². The molecule has 0 aliphatic carbocycles. The van der Waals surface area contributed by atoms with Crippen molar-refractivity contribution in [1.29, 1.82) is 0 Å². The van der Waals surface area contributed by atoms with Crippen LogP contribution in [0.1, 0.15) is 32.3 Å². The number of rotatable bonds is 3. The van der Waals surface area contributed by atoms with E-state index in [-0.39, 0.29) is 11.9 Å². The minimum atomic E-state index is 0.0575. The number of amides is 1. The Bertz CT molecular complexity index is 353. The molecule has 18 heavy (non-hydrogen) atoms. The number of nitrogens with two attached hydrogens (primary N) is 1. The van der Waals surface area contributed by atoms with Gasteiger partial charge in [-0.3, -0.25) is 9.78 Å². The quantitative estimate of drug-likeness (QED) is 0.885. The number of pyridine rings is 1. The Hall–Kier alpha value is -1.42.